The van der Waals surface area contributed by atoms with E-state index in [2.05, 4.69) is 53.3 Å². The third kappa shape index (κ3) is 2.52. The molecule has 3 heteroatoms. The van der Waals surface area contributed by atoms with Crippen LogP contribution in [0.1, 0.15) is 106 Å². The fourth-order valence-electron chi connectivity index (χ4n) is 11.1. The summed E-state index contributed by atoms with van der Waals surface area (Å²) in [6.07, 6.45) is 10.9. The molecular formula is C29H45NO2. The third-order valence-corrected chi connectivity index (χ3v) is 13.0. The Bertz CT molecular complexity index is 861. The summed E-state index contributed by atoms with van der Waals surface area (Å²) in [7, 11) is 0. The summed E-state index contributed by atoms with van der Waals surface area (Å²) in [5.41, 5.74) is 1.49. The molecule has 5 fully saturated rings. The topological polar surface area (TPSA) is 46.5 Å². The molecule has 0 heterocycles. The molecule has 2 unspecified atom stereocenters. The van der Waals surface area contributed by atoms with E-state index in [4.69, 9.17) is 0 Å². The van der Waals surface area contributed by atoms with Gasteiger partial charge in [-0.15, -0.1) is 0 Å². The monoisotopic (exact) mass is 439 g/mol. The molecule has 3 nitrogen and oxygen atoms in total. The van der Waals surface area contributed by atoms with Gasteiger partial charge in [0.1, 0.15) is 11.3 Å². The number of ketones is 1. The van der Waals surface area contributed by atoms with E-state index in [-0.39, 0.29) is 27.2 Å². The van der Waals surface area contributed by atoms with Crippen LogP contribution in [0.3, 0.4) is 0 Å². The molecule has 32 heavy (non-hydrogen) atoms. The molecule has 0 aromatic heterocycles. The maximum absolute atomic E-state index is 12.9. The van der Waals surface area contributed by atoms with Gasteiger partial charge in [0.05, 0.1) is 0 Å². The van der Waals surface area contributed by atoms with Crippen molar-refractivity contribution >= 4 is 5.78 Å². The molecule has 0 aromatic carbocycles. The van der Waals surface area contributed by atoms with Crippen LogP contribution in [0.25, 0.3) is 0 Å². The molecule has 0 spiro atoms. The number of Topliss-reactive ketones (excluding diaryl/α,β-unsaturated/α-hetero) is 1. The Morgan fingerprint density at radius 1 is 0.875 bits per heavy atom. The first kappa shape index (κ1) is 22.8. The Hall–Kier alpha value is -0.990. The van der Waals surface area contributed by atoms with Crippen LogP contribution < -0.4 is 0 Å². The van der Waals surface area contributed by atoms with Gasteiger partial charge in [0.2, 0.25) is 0 Å². The van der Waals surface area contributed by atoms with Gasteiger partial charge >= 0.3 is 0 Å². The first-order valence-corrected chi connectivity index (χ1v) is 13.4. The number of hydrogen-bond donors (Lipinski definition) is 0. The van der Waals surface area contributed by atoms with Crippen molar-refractivity contribution in [1.82, 2.24) is 0 Å². The van der Waals surface area contributed by atoms with Crippen LogP contribution in [0.15, 0.2) is 17.3 Å². The average Bonchev–Trinajstić information content (AvgIpc) is 3.12. The number of nitrogens with zero attached hydrogens (tertiary/aromatic N) is 1. The first-order chi connectivity index (χ1) is 14.9. The largest absolute Gasteiger partial charge is 0.299 e. The van der Waals surface area contributed by atoms with Crippen LogP contribution >= 0.6 is 0 Å². The molecule has 0 radical (unpaired) electrons. The summed E-state index contributed by atoms with van der Waals surface area (Å²) >= 11 is 0. The number of rotatable bonds is 2. The number of allylic oxidation sites excluding steroid dienone is 1. The van der Waals surface area contributed by atoms with E-state index in [0.29, 0.717) is 35.4 Å². The maximum Gasteiger partial charge on any atom is 0.138 e. The van der Waals surface area contributed by atoms with Crippen molar-refractivity contribution in [3.63, 3.8) is 0 Å². The van der Waals surface area contributed by atoms with E-state index in [1.54, 1.807) is 0 Å². The van der Waals surface area contributed by atoms with Gasteiger partial charge in [-0.3, -0.25) is 4.79 Å². The van der Waals surface area contributed by atoms with E-state index in [0.717, 1.165) is 38.5 Å². The highest BCUT2D eigenvalue weighted by Gasteiger charge is 2.71. The predicted octanol–water partition coefficient (Wildman–Crippen LogP) is 7.73. The Morgan fingerprint density at radius 3 is 2.25 bits per heavy atom. The molecule has 5 aliphatic rings. The number of carbonyl (C=O) groups excluding carboxylic acids is 1. The molecule has 0 amide bonds. The van der Waals surface area contributed by atoms with Gasteiger partial charge in [0.25, 0.3) is 0 Å². The minimum atomic E-state index is -0.350. The summed E-state index contributed by atoms with van der Waals surface area (Å²) in [6.45, 7) is 18.8. The van der Waals surface area contributed by atoms with Gasteiger partial charge in [-0.05, 0) is 111 Å². The second-order valence-electron chi connectivity index (χ2n) is 14.0. The molecule has 0 aromatic rings. The Kier molecular flexibility index (Phi) is 4.83. The second-order valence-corrected chi connectivity index (χ2v) is 14.0. The van der Waals surface area contributed by atoms with Gasteiger partial charge in [-0.1, -0.05) is 51.9 Å². The van der Waals surface area contributed by atoms with Crippen LogP contribution in [0.4, 0.5) is 0 Å². The van der Waals surface area contributed by atoms with E-state index in [1.165, 1.54) is 31.3 Å². The van der Waals surface area contributed by atoms with Crippen LogP contribution in [0.5, 0.6) is 0 Å². The van der Waals surface area contributed by atoms with E-state index in [1.807, 2.05) is 0 Å². The van der Waals surface area contributed by atoms with E-state index in [9.17, 15) is 9.70 Å². The molecule has 0 N–H and O–H groups in total. The Balaban J connectivity index is 1.56. The normalized spacial score (nSPS) is 54.1. The fraction of sp³-hybridized carbons (Fsp3) is 0.897. The van der Waals surface area contributed by atoms with E-state index < -0.39 is 0 Å². The number of nitroso groups, excluding NO2 is 1. The zero-order valence-corrected chi connectivity index (χ0v) is 21.4. The lowest BCUT2D eigenvalue weighted by Crippen LogP contribution is -2.66. The summed E-state index contributed by atoms with van der Waals surface area (Å²) in [5.74, 6) is 3.06. The van der Waals surface area contributed by atoms with Crippen LogP contribution in [-0.4, -0.2) is 11.3 Å². The lowest BCUT2D eigenvalue weighted by Gasteiger charge is -2.72. The smallest absolute Gasteiger partial charge is 0.138 e. The van der Waals surface area contributed by atoms with Crippen LogP contribution in [0, 0.1) is 56.2 Å². The third-order valence-electron chi connectivity index (χ3n) is 13.0. The van der Waals surface area contributed by atoms with Crippen LogP contribution in [-0.2, 0) is 4.79 Å². The van der Waals surface area contributed by atoms with Gasteiger partial charge in [-0.2, -0.15) is 4.91 Å². The molecule has 5 saturated carbocycles. The van der Waals surface area contributed by atoms with Crippen molar-refractivity contribution in [2.24, 2.45) is 56.4 Å². The minimum Gasteiger partial charge on any atom is -0.299 e. The molecule has 0 saturated heterocycles. The van der Waals surface area contributed by atoms with Gasteiger partial charge < -0.3 is 0 Å². The zero-order valence-electron chi connectivity index (χ0n) is 21.4. The maximum atomic E-state index is 12.9. The van der Waals surface area contributed by atoms with Crippen LogP contribution in [0.2, 0.25) is 0 Å². The van der Waals surface area contributed by atoms with Crippen molar-refractivity contribution in [1.29, 1.82) is 0 Å². The Morgan fingerprint density at radius 2 is 1.59 bits per heavy atom. The summed E-state index contributed by atoms with van der Waals surface area (Å²) in [4.78, 5) is 25.2. The lowest BCUT2D eigenvalue weighted by molar-refractivity contribution is -0.227. The highest BCUT2D eigenvalue weighted by Crippen LogP contribution is 2.76. The zero-order chi connectivity index (χ0) is 23.3. The summed E-state index contributed by atoms with van der Waals surface area (Å²) < 4.78 is 0. The summed E-state index contributed by atoms with van der Waals surface area (Å²) in [5, 5.41) is 3.90. The molecule has 0 bridgehead atoms. The predicted molar refractivity (Wildman–Crippen MR) is 130 cm³/mol. The number of carbonyl (C=O) groups is 1. The highest BCUT2D eigenvalue weighted by molar-refractivity contribution is 5.85. The standard InChI is InChI=1S/C29H45NO2/c1-18(2)19-10-15-29(30-32)17-16-27(6)20(24(19)29)8-9-22-26(5)13-12-23(31)25(3,4)21(26)11-14-28(22,27)7/h19-22,24H,1,8-17H2,2-7H3/t19-,20?,21-,22+,24+,26-,27+,28+,29?/m0/s1. The van der Waals surface area contributed by atoms with Crippen molar-refractivity contribution in [2.45, 2.75) is 111 Å². The quantitative estimate of drug-likeness (QED) is 0.326. The second kappa shape index (κ2) is 6.79. The Labute approximate surface area is 195 Å². The molecule has 0 aliphatic heterocycles. The molecule has 9 atom stereocenters. The van der Waals surface area contributed by atoms with Gasteiger partial charge in [0.15, 0.2) is 0 Å². The van der Waals surface area contributed by atoms with Crippen molar-refractivity contribution in [2.75, 3.05) is 0 Å². The first-order valence-electron chi connectivity index (χ1n) is 13.4. The average molecular weight is 440 g/mol. The lowest BCUT2D eigenvalue weighted by atomic mass is 9.33. The highest BCUT2D eigenvalue weighted by atomic mass is 16.3. The van der Waals surface area contributed by atoms with Gasteiger partial charge in [0, 0.05) is 11.8 Å². The van der Waals surface area contributed by atoms with Gasteiger partial charge in [-0.25, -0.2) is 0 Å². The van der Waals surface area contributed by atoms with E-state index >= 15 is 0 Å². The molecule has 5 aliphatic carbocycles. The van der Waals surface area contributed by atoms with Crippen molar-refractivity contribution in [3.05, 3.63) is 17.1 Å². The summed E-state index contributed by atoms with van der Waals surface area (Å²) in [6, 6.07) is 0. The molecule has 178 valence electrons. The molecule has 5 rings (SSSR count). The number of hydrogen-bond acceptors (Lipinski definition) is 3. The molecular weight excluding hydrogens is 394 g/mol. The fourth-order valence-corrected chi connectivity index (χ4v) is 11.1. The van der Waals surface area contributed by atoms with Crippen molar-refractivity contribution < 1.29 is 4.79 Å². The SMILES string of the molecule is C=C(C)[C@@H]1CCC2(N=O)CC[C@]3(C)C(CC[C@@H]4[C@@]5(C)CCC(=O)C(C)(C)[C@@H]5CC[C@]43C)[C@@H]12. The minimum absolute atomic E-state index is 0.189. The van der Waals surface area contributed by atoms with Crippen molar-refractivity contribution in [3.8, 4) is 0 Å². The number of fused-ring (bicyclic) bond motifs is 7.